The standard InChI is InChI=1S/C13H16N6/c1-9-7-15-13(16-9)11-12(14)19(18-17-11)8-10-5-3-2-4-6-10/h2-6,9H,7-8,14H2,1H3,(H,15,16). The molecule has 0 aliphatic carbocycles. The summed E-state index contributed by atoms with van der Waals surface area (Å²) in [6.45, 7) is 3.43. The van der Waals surface area contributed by atoms with E-state index in [2.05, 4.69) is 27.5 Å². The van der Waals surface area contributed by atoms with Crippen LogP contribution in [-0.4, -0.2) is 33.4 Å². The fraction of sp³-hybridized carbons (Fsp3) is 0.308. The van der Waals surface area contributed by atoms with Gasteiger partial charge in [0.2, 0.25) is 0 Å². The topological polar surface area (TPSA) is 81.1 Å². The van der Waals surface area contributed by atoms with Gasteiger partial charge in [-0.05, 0) is 12.5 Å². The molecule has 1 aliphatic heterocycles. The van der Waals surface area contributed by atoms with Gasteiger partial charge in [-0.15, -0.1) is 5.10 Å². The maximum absolute atomic E-state index is 6.09. The average Bonchev–Trinajstić information content (AvgIpc) is 2.99. The van der Waals surface area contributed by atoms with Gasteiger partial charge in [0.1, 0.15) is 0 Å². The van der Waals surface area contributed by atoms with Crippen molar-refractivity contribution in [2.75, 3.05) is 12.3 Å². The molecule has 2 aromatic rings. The fourth-order valence-electron chi connectivity index (χ4n) is 2.06. The number of hydrogen-bond acceptors (Lipinski definition) is 5. The lowest BCUT2D eigenvalue weighted by atomic mass is 10.2. The Kier molecular flexibility index (Phi) is 2.91. The third-order valence-corrected chi connectivity index (χ3v) is 3.08. The zero-order valence-electron chi connectivity index (χ0n) is 10.7. The summed E-state index contributed by atoms with van der Waals surface area (Å²) in [5, 5.41) is 11.5. The summed E-state index contributed by atoms with van der Waals surface area (Å²) in [5.41, 5.74) is 7.87. The zero-order chi connectivity index (χ0) is 13.2. The lowest BCUT2D eigenvalue weighted by Crippen LogP contribution is -2.28. The average molecular weight is 256 g/mol. The summed E-state index contributed by atoms with van der Waals surface area (Å²) < 4.78 is 1.69. The number of aliphatic imine (C=N–C) groups is 1. The van der Waals surface area contributed by atoms with Gasteiger partial charge in [-0.25, -0.2) is 4.68 Å². The number of aromatic nitrogens is 3. The predicted octanol–water partition coefficient (Wildman–Crippen LogP) is 0.647. The second kappa shape index (κ2) is 4.72. The molecule has 3 N–H and O–H groups in total. The van der Waals surface area contributed by atoms with E-state index in [1.54, 1.807) is 4.68 Å². The van der Waals surface area contributed by atoms with E-state index in [0.29, 0.717) is 24.1 Å². The molecular formula is C13H16N6. The molecule has 1 atom stereocenters. The van der Waals surface area contributed by atoms with Crippen molar-refractivity contribution in [1.82, 2.24) is 20.3 Å². The van der Waals surface area contributed by atoms with Crippen LogP contribution >= 0.6 is 0 Å². The smallest absolute Gasteiger partial charge is 0.171 e. The molecule has 3 rings (SSSR count). The lowest BCUT2D eigenvalue weighted by Gasteiger charge is -2.05. The molecule has 6 nitrogen and oxygen atoms in total. The Hall–Kier alpha value is -2.37. The number of nitrogens with two attached hydrogens (primary N) is 1. The van der Waals surface area contributed by atoms with Crippen LogP contribution in [0.15, 0.2) is 35.3 Å². The van der Waals surface area contributed by atoms with Crippen LogP contribution in [-0.2, 0) is 6.54 Å². The zero-order valence-corrected chi connectivity index (χ0v) is 10.7. The maximum Gasteiger partial charge on any atom is 0.171 e. The molecule has 1 aromatic carbocycles. The number of benzene rings is 1. The Morgan fingerprint density at radius 2 is 2.16 bits per heavy atom. The summed E-state index contributed by atoms with van der Waals surface area (Å²) in [6.07, 6.45) is 0. The normalized spacial score (nSPS) is 18.2. The summed E-state index contributed by atoms with van der Waals surface area (Å²) in [4.78, 5) is 4.38. The Morgan fingerprint density at radius 3 is 2.84 bits per heavy atom. The monoisotopic (exact) mass is 256 g/mol. The summed E-state index contributed by atoms with van der Waals surface area (Å²) in [7, 11) is 0. The third kappa shape index (κ3) is 2.29. The minimum atomic E-state index is 0.327. The molecule has 1 unspecified atom stereocenters. The van der Waals surface area contributed by atoms with E-state index in [-0.39, 0.29) is 0 Å². The number of nitrogens with one attached hydrogen (secondary N) is 1. The highest BCUT2D eigenvalue weighted by Gasteiger charge is 2.21. The van der Waals surface area contributed by atoms with Crippen LogP contribution in [0.1, 0.15) is 18.2 Å². The quantitative estimate of drug-likeness (QED) is 0.844. The van der Waals surface area contributed by atoms with Gasteiger partial charge >= 0.3 is 0 Å². The molecule has 0 saturated carbocycles. The molecule has 2 heterocycles. The van der Waals surface area contributed by atoms with Gasteiger partial charge in [0, 0.05) is 6.04 Å². The molecule has 1 aromatic heterocycles. The number of rotatable bonds is 3. The van der Waals surface area contributed by atoms with Gasteiger partial charge in [0.25, 0.3) is 0 Å². The highest BCUT2D eigenvalue weighted by molar-refractivity contribution is 6.01. The van der Waals surface area contributed by atoms with Crippen molar-refractivity contribution in [2.45, 2.75) is 19.5 Å². The molecule has 19 heavy (non-hydrogen) atoms. The molecule has 1 aliphatic rings. The highest BCUT2D eigenvalue weighted by Crippen LogP contribution is 2.13. The van der Waals surface area contributed by atoms with Crippen molar-refractivity contribution in [2.24, 2.45) is 4.99 Å². The van der Waals surface area contributed by atoms with E-state index in [1.165, 1.54) is 0 Å². The van der Waals surface area contributed by atoms with Crippen LogP contribution in [0, 0.1) is 0 Å². The largest absolute Gasteiger partial charge is 0.382 e. The van der Waals surface area contributed by atoms with Crippen molar-refractivity contribution < 1.29 is 0 Å². The van der Waals surface area contributed by atoms with Crippen LogP contribution < -0.4 is 11.1 Å². The van der Waals surface area contributed by atoms with Crippen molar-refractivity contribution >= 4 is 11.7 Å². The summed E-state index contributed by atoms with van der Waals surface area (Å²) >= 11 is 0. The van der Waals surface area contributed by atoms with Crippen LogP contribution in [0.4, 0.5) is 5.82 Å². The number of anilines is 1. The van der Waals surface area contributed by atoms with Crippen LogP contribution in [0.3, 0.4) is 0 Å². The first-order chi connectivity index (χ1) is 9.24. The van der Waals surface area contributed by atoms with E-state index >= 15 is 0 Å². The Morgan fingerprint density at radius 1 is 1.37 bits per heavy atom. The van der Waals surface area contributed by atoms with E-state index < -0.39 is 0 Å². The van der Waals surface area contributed by atoms with Crippen LogP contribution in [0.25, 0.3) is 0 Å². The van der Waals surface area contributed by atoms with E-state index in [4.69, 9.17) is 5.73 Å². The Bertz CT molecular complexity index is 601. The number of amidine groups is 1. The summed E-state index contributed by atoms with van der Waals surface area (Å²) in [6, 6.07) is 10.4. The molecule has 98 valence electrons. The van der Waals surface area contributed by atoms with E-state index in [1.807, 2.05) is 30.3 Å². The molecule has 6 heteroatoms. The lowest BCUT2D eigenvalue weighted by molar-refractivity contribution is 0.657. The summed E-state index contributed by atoms with van der Waals surface area (Å²) in [5.74, 6) is 1.29. The van der Waals surface area contributed by atoms with Gasteiger partial charge in [0.05, 0.1) is 13.1 Å². The molecular weight excluding hydrogens is 240 g/mol. The first-order valence-electron chi connectivity index (χ1n) is 6.28. The van der Waals surface area contributed by atoms with Gasteiger partial charge in [0.15, 0.2) is 17.3 Å². The Balaban J connectivity index is 1.83. The number of nitrogens with zero attached hydrogens (tertiary/aromatic N) is 4. The van der Waals surface area contributed by atoms with Gasteiger partial charge in [-0.3, -0.25) is 4.99 Å². The predicted molar refractivity (Wildman–Crippen MR) is 74.0 cm³/mol. The van der Waals surface area contributed by atoms with E-state index in [9.17, 15) is 0 Å². The second-order valence-electron chi connectivity index (χ2n) is 4.70. The van der Waals surface area contributed by atoms with Crippen molar-refractivity contribution in [1.29, 1.82) is 0 Å². The highest BCUT2D eigenvalue weighted by atomic mass is 15.5. The van der Waals surface area contributed by atoms with E-state index in [0.717, 1.165) is 17.9 Å². The first kappa shape index (κ1) is 11.7. The second-order valence-corrected chi connectivity index (χ2v) is 4.70. The molecule has 0 radical (unpaired) electrons. The molecule has 0 fully saturated rings. The number of hydrogen-bond donors (Lipinski definition) is 2. The maximum atomic E-state index is 6.09. The SMILES string of the molecule is CC1CN=C(c2nnn(Cc3ccccc3)c2N)N1. The van der Waals surface area contributed by atoms with Gasteiger partial charge in [-0.1, -0.05) is 35.5 Å². The fourth-order valence-corrected chi connectivity index (χ4v) is 2.06. The van der Waals surface area contributed by atoms with Crippen LogP contribution in [0.5, 0.6) is 0 Å². The van der Waals surface area contributed by atoms with Crippen molar-refractivity contribution in [3.8, 4) is 0 Å². The third-order valence-electron chi connectivity index (χ3n) is 3.08. The van der Waals surface area contributed by atoms with Gasteiger partial charge < -0.3 is 11.1 Å². The molecule has 0 amide bonds. The minimum Gasteiger partial charge on any atom is -0.382 e. The first-order valence-corrected chi connectivity index (χ1v) is 6.28. The minimum absolute atomic E-state index is 0.327. The van der Waals surface area contributed by atoms with Crippen molar-refractivity contribution in [3.05, 3.63) is 41.6 Å². The van der Waals surface area contributed by atoms with Gasteiger partial charge in [-0.2, -0.15) is 0 Å². The van der Waals surface area contributed by atoms with Crippen LogP contribution in [0.2, 0.25) is 0 Å². The molecule has 0 bridgehead atoms. The molecule has 0 saturated heterocycles. The van der Waals surface area contributed by atoms with Crippen molar-refractivity contribution in [3.63, 3.8) is 0 Å². The molecule has 0 spiro atoms. The Labute approximate surface area is 111 Å². The number of nitrogen functional groups attached to an aromatic ring is 1.